The van der Waals surface area contributed by atoms with Crippen LogP contribution in [0.15, 0.2) is 70.7 Å². The molecular formula is C23H23N5O2S. The summed E-state index contributed by atoms with van der Waals surface area (Å²) in [6.45, 7) is 2.87. The Hall–Kier alpha value is -3.39. The van der Waals surface area contributed by atoms with Crippen molar-refractivity contribution in [2.24, 2.45) is 7.05 Å². The average molecular weight is 434 g/mol. The van der Waals surface area contributed by atoms with Crippen molar-refractivity contribution in [1.29, 1.82) is 0 Å². The summed E-state index contributed by atoms with van der Waals surface area (Å²) in [5.41, 5.74) is 4.01. The molecule has 31 heavy (non-hydrogen) atoms. The van der Waals surface area contributed by atoms with Gasteiger partial charge in [-0.15, -0.1) is 0 Å². The molecule has 0 bridgehead atoms. The van der Waals surface area contributed by atoms with Crippen LogP contribution in [0.1, 0.15) is 16.7 Å². The van der Waals surface area contributed by atoms with Crippen LogP contribution in [0.2, 0.25) is 0 Å². The van der Waals surface area contributed by atoms with Crippen LogP contribution in [0.3, 0.4) is 0 Å². The molecule has 8 heteroatoms. The van der Waals surface area contributed by atoms with Crippen LogP contribution < -0.4 is 10.9 Å². The number of aromatic nitrogens is 4. The van der Waals surface area contributed by atoms with Crippen LogP contribution in [0.4, 0.5) is 0 Å². The standard InChI is InChI=1S/C23H23N5O2S/c1-16-8-10-17(11-9-16)12-24-20(29)15-31-23-26-19-13-25-27(2)21(19)22(30)28(23)14-18-6-4-3-5-7-18/h3-11,13H,12,14-15H2,1-2H3,(H,24,29). The van der Waals surface area contributed by atoms with Crippen molar-refractivity contribution in [2.45, 2.75) is 25.2 Å². The molecular weight excluding hydrogens is 410 g/mol. The predicted molar refractivity (Wildman–Crippen MR) is 122 cm³/mol. The van der Waals surface area contributed by atoms with Gasteiger partial charge in [-0.05, 0) is 18.1 Å². The van der Waals surface area contributed by atoms with Crippen LogP contribution >= 0.6 is 11.8 Å². The highest BCUT2D eigenvalue weighted by Crippen LogP contribution is 2.18. The molecule has 0 aliphatic carbocycles. The molecule has 7 nitrogen and oxygen atoms in total. The Morgan fingerprint density at radius 1 is 1.06 bits per heavy atom. The molecule has 0 aliphatic heterocycles. The second kappa shape index (κ2) is 9.18. The third kappa shape index (κ3) is 4.86. The first-order chi connectivity index (χ1) is 15.0. The molecule has 2 heterocycles. The molecule has 0 aliphatic rings. The van der Waals surface area contributed by atoms with Crippen LogP contribution in [0, 0.1) is 6.92 Å². The predicted octanol–water partition coefficient (Wildman–Crippen LogP) is 2.90. The van der Waals surface area contributed by atoms with Gasteiger partial charge >= 0.3 is 0 Å². The molecule has 4 rings (SSSR count). The van der Waals surface area contributed by atoms with Gasteiger partial charge in [0.25, 0.3) is 5.56 Å². The highest BCUT2D eigenvalue weighted by Gasteiger charge is 2.16. The van der Waals surface area contributed by atoms with Crippen molar-refractivity contribution >= 4 is 28.7 Å². The lowest BCUT2D eigenvalue weighted by molar-refractivity contribution is -0.118. The smallest absolute Gasteiger partial charge is 0.280 e. The van der Waals surface area contributed by atoms with Crippen LogP contribution in [0.5, 0.6) is 0 Å². The molecule has 0 saturated carbocycles. The minimum Gasteiger partial charge on any atom is -0.351 e. The summed E-state index contributed by atoms with van der Waals surface area (Å²) in [6, 6.07) is 17.8. The normalized spacial score (nSPS) is 11.0. The summed E-state index contributed by atoms with van der Waals surface area (Å²) in [5, 5.41) is 7.58. The minimum absolute atomic E-state index is 0.114. The number of aryl methyl sites for hydroxylation is 2. The largest absolute Gasteiger partial charge is 0.351 e. The minimum atomic E-state index is -0.170. The lowest BCUT2D eigenvalue weighted by Gasteiger charge is -2.12. The molecule has 0 fully saturated rings. The molecule has 158 valence electrons. The van der Waals surface area contributed by atoms with E-state index in [1.807, 2.05) is 61.5 Å². The van der Waals surface area contributed by atoms with Gasteiger partial charge in [0.05, 0.1) is 18.5 Å². The SMILES string of the molecule is Cc1ccc(CNC(=O)CSc2nc3cnn(C)c3c(=O)n2Cc2ccccc2)cc1. The van der Waals surface area contributed by atoms with Crippen molar-refractivity contribution in [3.05, 3.63) is 87.8 Å². The number of thioether (sulfide) groups is 1. The van der Waals surface area contributed by atoms with Crippen molar-refractivity contribution in [1.82, 2.24) is 24.6 Å². The third-order valence-corrected chi connectivity index (χ3v) is 5.92. The Morgan fingerprint density at radius 3 is 2.55 bits per heavy atom. The van der Waals surface area contributed by atoms with E-state index in [1.54, 1.807) is 17.8 Å². The molecule has 0 radical (unpaired) electrons. The maximum absolute atomic E-state index is 13.2. The fraction of sp³-hybridized carbons (Fsp3) is 0.217. The number of hydrogen-bond acceptors (Lipinski definition) is 5. The van der Waals surface area contributed by atoms with Gasteiger partial charge in [-0.25, -0.2) is 4.98 Å². The summed E-state index contributed by atoms with van der Waals surface area (Å²) in [5.74, 6) is 0.0520. The topological polar surface area (TPSA) is 81.8 Å². The first-order valence-corrected chi connectivity index (χ1v) is 10.9. The highest BCUT2D eigenvalue weighted by atomic mass is 32.2. The number of hydrogen-bond donors (Lipinski definition) is 1. The summed E-state index contributed by atoms with van der Waals surface area (Å²) in [6.07, 6.45) is 1.57. The van der Waals surface area contributed by atoms with Gasteiger partial charge in [0.1, 0.15) is 5.52 Å². The Bertz CT molecular complexity index is 1260. The molecule has 4 aromatic rings. The van der Waals surface area contributed by atoms with Crippen LogP contribution in [-0.4, -0.2) is 31.0 Å². The lowest BCUT2D eigenvalue weighted by Crippen LogP contribution is -2.27. The summed E-state index contributed by atoms with van der Waals surface area (Å²) >= 11 is 1.25. The molecule has 0 unspecified atom stereocenters. The molecule has 1 N–H and O–H groups in total. The van der Waals surface area contributed by atoms with Gasteiger partial charge in [0.15, 0.2) is 10.7 Å². The first-order valence-electron chi connectivity index (χ1n) is 9.93. The van der Waals surface area contributed by atoms with E-state index in [0.717, 1.165) is 11.1 Å². The van der Waals surface area contributed by atoms with E-state index in [1.165, 1.54) is 22.0 Å². The molecule has 0 atom stereocenters. The summed E-state index contributed by atoms with van der Waals surface area (Å²) in [4.78, 5) is 30.2. The third-order valence-electron chi connectivity index (χ3n) is 4.94. The number of nitrogens with zero attached hydrogens (tertiary/aromatic N) is 4. The number of carbonyl (C=O) groups is 1. The monoisotopic (exact) mass is 433 g/mol. The van der Waals surface area contributed by atoms with Crippen molar-refractivity contribution < 1.29 is 4.79 Å². The Kier molecular flexibility index (Phi) is 6.18. The highest BCUT2D eigenvalue weighted by molar-refractivity contribution is 7.99. The quantitative estimate of drug-likeness (QED) is 0.358. The molecule has 0 saturated heterocycles. The van der Waals surface area contributed by atoms with Gasteiger partial charge in [0.2, 0.25) is 5.91 Å². The van der Waals surface area contributed by atoms with E-state index in [4.69, 9.17) is 0 Å². The Labute approximate surface area is 184 Å². The van der Waals surface area contributed by atoms with Crippen molar-refractivity contribution in [3.8, 4) is 0 Å². The fourth-order valence-electron chi connectivity index (χ4n) is 3.24. The van der Waals surface area contributed by atoms with E-state index in [-0.39, 0.29) is 17.2 Å². The zero-order valence-corrected chi connectivity index (χ0v) is 18.2. The summed E-state index contributed by atoms with van der Waals surface area (Å²) in [7, 11) is 1.73. The first kappa shape index (κ1) is 20.9. The average Bonchev–Trinajstić information content (AvgIpc) is 3.15. The van der Waals surface area contributed by atoms with Gasteiger partial charge in [-0.3, -0.25) is 18.8 Å². The number of amides is 1. The zero-order valence-electron chi connectivity index (χ0n) is 17.4. The Balaban J connectivity index is 1.53. The maximum Gasteiger partial charge on any atom is 0.280 e. The molecule has 2 aromatic heterocycles. The summed E-state index contributed by atoms with van der Waals surface area (Å²) < 4.78 is 3.14. The van der Waals surface area contributed by atoms with Gasteiger partial charge in [-0.2, -0.15) is 5.10 Å². The van der Waals surface area contributed by atoms with E-state index in [0.29, 0.717) is 29.3 Å². The van der Waals surface area contributed by atoms with E-state index in [2.05, 4.69) is 15.4 Å². The second-order valence-corrected chi connectivity index (χ2v) is 8.27. The lowest BCUT2D eigenvalue weighted by atomic mass is 10.1. The zero-order chi connectivity index (χ0) is 21.8. The van der Waals surface area contributed by atoms with Crippen molar-refractivity contribution in [2.75, 3.05) is 5.75 Å². The number of benzene rings is 2. The Morgan fingerprint density at radius 2 is 1.81 bits per heavy atom. The van der Waals surface area contributed by atoms with Gasteiger partial charge < -0.3 is 5.32 Å². The van der Waals surface area contributed by atoms with E-state index >= 15 is 0 Å². The number of carbonyl (C=O) groups excluding carboxylic acids is 1. The molecule has 2 aromatic carbocycles. The van der Waals surface area contributed by atoms with E-state index < -0.39 is 0 Å². The number of rotatable bonds is 7. The van der Waals surface area contributed by atoms with Crippen molar-refractivity contribution in [3.63, 3.8) is 0 Å². The van der Waals surface area contributed by atoms with E-state index in [9.17, 15) is 9.59 Å². The van der Waals surface area contributed by atoms with Gasteiger partial charge in [-0.1, -0.05) is 71.9 Å². The molecule has 1 amide bonds. The second-order valence-electron chi connectivity index (χ2n) is 7.32. The number of nitrogens with one attached hydrogen (secondary N) is 1. The number of fused-ring (bicyclic) bond motifs is 1. The van der Waals surface area contributed by atoms with Crippen LogP contribution in [-0.2, 0) is 24.9 Å². The van der Waals surface area contributed by atoms with Crippen LogP contribution in [0.25, 0.3) is 11.0 Å². The molecule has 0 spiro atoms. The fourth-order valence-corrected chi connectivity index (χ4v) is 4.07. The maximum atomic E-state index is 13.2. The van der Waals surface area contributed by atoms with Gasteiger partial charge in [0, 0.05) is 13.6 Å².